The molecule has 0 saturated carbocycles. The number of furan rings is 1. The van der Waals surface area contributed by atoms with Crippen LogP contribution in [0, 0.1) is 18.8 Å². The standard InChI is InChI=1S/C21H26N2O3/c1-14(2)11-22-20(24)18-13-23(21(25)19-9-6-10-26-19)12-17(18)16-8-5-4-7-15(16)3/h4-10,14,17-18H,11-13H2,1-3H3,(H,22,24)/t17-,18+/m1/s1. The first-order valence-corrected chi connectivity index (χ1v) is 9.13. The summed E-state index contributed by atoms with van der Waals surface area (Å²) in [5.74, 6) is 0.292. The molecule has 2 amide bonds. The van der Waals surface area contributed by atoms with Gasteiger partial charge in [-0.2, -0.15) is 0 Å². The molecule has 0 bridgehead atoms. The average Bonchev–Trinajstić information content (AvgIpc) is 3.29. The first-order chi connectivity index (χ1) is 12.5. The zero-order valence-electron chi connectivity index (χ0n) is 15.6. The van der Waals surface area contributed by atoms with Crippen molar-refractivity contribution in [3.05, 3.63) is 59.5 Å². The summed E-state index contributed by atoms with van der Waals surface area (Å²) in [6.45, 7) is 7.75. The van der Waals surface area contributed by atoms with Crippen LogP contribution >= 0.6 is 0 Å². The molecule has 0 radical (unpaired) electrons. The van der Waals surface area contributed by atoms with Crippen LogP contribution in [0.3, 0.4) is 0 Å². The van der Waals surface area contributed by atoms with Crippen LogP contribution in [0.25, 0.3) is 0 Å². The zero-order valence-corrected chi connectivity index (χ0v) is 15.6. The number of nitrogens with one attached hydrogen (secondary N) is 1. The Labute approximate surface area is 154 Å². The van der Waals surface area contributed by atoms with Crippen molar-refractivity contribution in [1.29, 1.82) is 0 Å². The number of carbonyl (C=O) groups excluding carboxylic acids is 2. The van der Waals surface area contributed by atoms with Crippen molar-refractivity contribution in [2.24, 2.45) is 11.8 Å². The largest absolute Gasteiger partial charge is 0.459 e. The van der Waals surface area contributed by atoms with Gasteiger partial charge in [0.15, 0.2) is 5.76 Å². The predicted molar refractivity (Wildman–Crippen MR) is 99.9 cm³/mol. The van der Waals surface area contributed by atoms with Crippen molar-refractivity contribution >= 4 is 11.8 Å². The van der Waals surface area contributed by atoms with E-state index in [0.717, 1.165) is 11.1 Å². The van der Waals surface area contributed by atoms with Gasteiger partial charge < -0.3 is 14.6 Å². The second kappa shape index (κ2) is 7.77. The number of rotatable bonds is 5. The maximum absolute atomic E-state index is 12.8. The molecule has 1 saturated heterocycles. The monoisotopic (exact) mass is 354 g/mol. The van der Waals surface area contributed by atoms with E-state index in [-0.39, 0.29) is 23.7 Å². The second-order valence-electron chi connectivity index (χ2n) is 7.40. The minimum Gasteiger partial charge on any atom is -0.459 e. The summed E-state index contributed by atoms with van der Waals surface area (Å²) in [6.07, 6.45) is 1.49. The molecule has 2 aromatic rings. The third-order valence-corrected chi connectivity index (χ3v) is 4.95. The van der Waals surface area contributed by atoms with Crippen molar-refractivity contribution in [3.8, 4) is 0 Å². The van der Waals surface area contributed by atoms with E-state index in [0.29, 0.717) is 31.3 Å². The summed E-state index contributed by atoms with van der Waals surface area (Å²) in [7, 11) is 0. The first-order valence-electron chi connectivity index (χ1n) is 9.13. The Morgan fingerprint density at radius 2 is 1.96 bits per heavy atom. The van der Waals surface area contributed by atoms with E-state index in [4.69, 9.17) is 4.42 Å². The number of carbonyl (C=O) groups is 2. The van der Waals surface area contributed by atoms with Crippen LogP contribution in [-0.2, 0) is 4.79 Å². The van der Waals surface area contributed by atoms with Gasteiger partial charge in [-0.25, -0.2) is 0 Å². The molecule has 1 aliphatic heterocycles. The zero-order chi connectivity index (χ0) is 18.7. The fourth-order valence-electron chi connectivity index (χ4n) is 3.55. The highest BCUT2D eigenvalue weighted by atomic mass is 16.3. The SMILES string of the molecule is Cc1ccccc1[C@H]1CN(C(=O)c2ccco2)C[C@@H]1C(=O)NCC(C)C. The van der Waals surface area contributed by atoms with Gasteiger partial charge in [0.25, 0.3) is 5.91 Å². The molecule has 3 rings (SSSR count). The number of hydrogen-bond donors (Lipinski definition) is 1. The molecule has 138 valence electrons. The number of aryl methyl sites for hydroxylation is 1. The lowest BCUT2D eigenvalue weighted by atomic mass is 9.86. The summed E-state index contributed by atoms with van der Waals surface area (Å²) in [6, 6.07) is 11.5. The summed E-state index contributed by atoms with van der Waals surface area (Å²) < 4.78 is 5.26. The quantitative estimate of drug-likeness (QED) is 0.897. The minimum atomic E-state index is -0.256. The molecule has 2 atom stereocenters. The Kier molecular flexibility index (Phi) is 5.45. The Morgan fingerprint density at radius 3 is 2.62 bits per heavy atom. The summed E-state index contributed by atoms with van der Waals surface area (Å²) in [5.41, 5.74) is 2.28. The van der Waals surface area contributed by atoms with E-state index in [9.17, 15) is 9.59 Å². The second-order valence-corrected chi connectivity index (χ2v) is 7.40. The van der Waals surface area contributed by atoms with Crippen molar-refractivity contribution in [2.45, 2.75) is 26.7 Å². The van der Waals surface area contributed by atoms with Crippen molar-refractivity contribution in [1.82, 2.24) is 10.2 Å². The van der Waals surface area contributed by atoms with Crippen LogP contribution in [0.1, 0.15) is 41.4 Å². The third kappa shape index (κ3) is 3.82. The molecular weight excluding hydrogens is 328 g/mol. The number of amides is 2. The molecule has 1 aliphatic rings. The lowest BCUT2D eigenvalue weighted by Crippen LogP contribution is -2.37. The lowest BCUT2D eigenvalue weighted by molar-refractivity contribution is -0.125. The Hall–Kier alpha value is -2.56. The van der Waals surface area contributed by atoms with E-state index in [1.54, 1.807) is 17.0 Å². The van der Waals surface area contributed by atoms with E-state index >= 15 is 0 Å². The average molecular weight is 354 g/mol. The molecule has 5 nitrogen and oxygen atoms in total. The van der Waals surface area contributed by atoms with Gasteiger partial charge in [-0.15, -0.1) is 0 Å². The van der Waals surface area contributed by atoms with Gasteiger partial charge in [0.1, 0.15) is 0 Å². The van der Waals surface area contributed by atoms with E-state index < -0.39 is 0 Å². The van der Waals surface area contributed by atoms with Gasteiger partial charge in [0, 0.05) is 25.6 Å². The predicted octanol–water partition coefficient (Wildman–Crippen LogP) is 3.22. The van der Waals surface area contributed by atoms with Crippen LogP contribution in [-0.4, -0.2) is 36.3 Å². The van der Waals surface area contributed by atoms with Gasteiger partial charge in [0.2, 0.25) is 5.91 Å². The highest BCUT2D eigenvalue weighted by Crippen LogP contribution is 2.35. The lowest BCUT2D eigenvalue weighted by Gasteiger charge is -2.20. The fourth-order valence-corrected chi connectivity index (χ4v) is 3.55. The molecule has 1 aromatic carbocycles. The van der Waals surface area contributed by atoms with Gasteiger partial charge in [-0.3, -0.25) is 9.59 Å². The van der Waals surface area contributed by atoms with Crippen molar-refractivity contribution in [2.75, 3.05) is 19.6 Å². The molecule has 0 spiro atoms. The third-order valence-electron chi connectivity index (χ3n) is 4.95. The fraction of sp³-hybridized carbons (Fsp3) is 0.429. The highest BCUT2D eigenvalue weighted by Gasteiger charge is 2.41. The van der Waals surface area contributed by atoms with E-state index in [1.807, 2.05) is 12.1 Å². The van der Waals surface area contributed by atoms with E-state index in [2.05, 4.69) is 38.2 Å². The summed E-state index contributed by atoms with van der Waals surface area (Å²) >= 11 is 0. The maximum Gasteiger partial charge on any atom is 0.289 e. The molecule has 1 fully saturated rings. The van der Waals surface area contributed by atoms with Crippen LogP contribution < -0.4 is 5.32 Å². The number of benzene rings is 1. The molecule has 26 heavy (non-hydrogen) atoms. The van der Waals surface area contributed by atoms with Crippen molar-refractivity contribution < 1.29 is 14.0 Å². The number of hydrogen-bond acceptors (Lipinski definition) is 3. The summed E-state index contributed by atoms with van der Waals surface area (Å²) in [4.78, 5) is 27.3. The molecule has 5 heteroatoms. The van der Waals surface area contributed by atoms with Gasteiger partial charge >= 0.3 is 0 Å². The molecule has 0 aliphatic carbocycles. The highest BCUT2D eigenvalue weighted by molar-refractivity contribution is 5.92. The van der Waals surface area contributed by atoms with Gasteiger partial charge in [-0.1, -0.05) is 38.1 Å². The van der Waals surface area contributed by atoms with Crippen LogP contribution in [0.4, 0.5) is 0 Å². The first kappa shape index (κ1) is 18.2. The number of nitrogens with zero attached hydrogens (tertiary/aromatic N) is 1. The normalized spacial score (nSPS) is 19.8. The number of likely N-dealkylation sites (tertiary alicyclic amines) is 1. The van der Waals surface area contributed by atoms with Crippen LogP contribution in [0.5, 0.6) is 0 Å². The molecule has 0 unspecified atom stereocenters. The molecular formula is C21H26N2O3. The van der Waals surface area contributed by atoms with E-state index in [1.165, 1.54) is 6.26 Å². The summed E-state index contributed by atoms with van der Waals surface area (Å²) in [5, 5.41) is 3.04. The Bertz CT molecular complexity index is 767. The topological polar surface area (TPSA) is 62.6 Å². The molecule has 1 aromatic heterocycles. The smallest absolute Gasteiger partial charge is 0.289 e. The molecule has 1 N–H and O–H groups in total. The van der Waals surface area contributed by atoms with Crippen LogP contribution in [0.2, 0.25) is 0 Å². The minimum absolute atomic E-state index is 0.0118. The maximum atomic E-state index is 12.8. The molecule has 2 heterocycles. The Morgan fingerprint density at radius 1 is 1.19 bits per heavy atom. The Balaban J connectivity index is 1.84. The van der Waals surface area contributed by atoms with Crippen LogP contribution in [0.15, 0.2) is 47.1 Å². The van der Waals surface area contributed by atoms with Gasteiger partial charge in [-0.05, 0) is 36.1 Å². The van der Waals surface area contributed by atoms with Gasteiger partial charge in [0.05, 0.1) is 12.2 Å². The van der Waals surface area contributed by atoms with Crippen molar-refractivity contribution in [3.63, 3.8) is 0 Å².